The van der Waals surface area contributed by atoms with E-state index in [9.17, 15) is 4.79 Å². The summed E-state index contributed by atoms with van der Waals surface area (Å²) in [6.45, 7) is 7.53. The molecule has 17 heavy (non-hydrogen) atoms. The number of rotatable bonds is 4. The molecular formula is C14H18O3. The second-order valence-corrected chi connectivity index (χ2v) is 5.36. The van der Waals surface area contributed by atoms with Crippen LogP contribution in [0.5, 0.6) is 0 Å². The van der Waals surface area contributed by atoms with Gasteiger partial charge in [-0.25, -0.2) is 0 Å². The minimum Gasteiger partial charge on any atom is -0.432 e. The first kappa shape index (κ1) is 11.0. The highest BCUT2D eigenvalue weighted by Gasteiger charge is 2.74. The highest BCUT2D eigenvalue weighted by atomic mass is 16.8. The zero-order chi connectivity index (χ0) is 12.1. The van der Waals surface area contributed by atoms with Crippen molar-refractivity contribution in [3.8, 4) is 0 Å². The van der Waals surface area contributed by atoms with Crippen molar-refractivity contribution in [3.05, 3.63) is 25.3 Å². The molecule has 3 rings (SSSR count). The van der Waals surface area contributed by atoms with E-state index >= 15 is 0 Å². The lowest BCUT2D eigenvalue weighted by Crippen LogP contribution is -2.69. The molecule has 0 aromatic heterocycles. The summed E-state index contributed by atoms with van der Waals surface area (Å²) in [5.74, 6) is -0.556. The Bertz CT molecular complexity index is 389. The standard InChI is InChI=1S/C14H18O3/c1-3-7-13-9-5-6-10-11(13)14(17-13,8-4-2)16-12(10)15/h3-4,10-11H,1-2,5-9H2. The van der Waals surface area contributed by atoms with E-state index in [0.717, 1.165) is 25.7 Å². The SMILES string of the molecule is C=CCC12CCCC3C(=O)OC(CC=C)(O1)C32. The van der Waals surface area contributed by atoms with Crippen LogP contribution < -0.4 is 0 Å². The Hall–Kier alpha value is -1.09. The van der Waals surface area contributed by atoms with Gasteiger partial charge >= 0.3 is 5.97 Å². The van der Waals surface area contributed by atoms with E-state index in [1.165, 1.54) is 0 Å². The molecule has 4 unspecified atom stereocenters. The normalized spacial score (nSPS) is 46.7. The molecule has 3 heteroatoms. The number of hydrogen-bond acceptors (Lipinski definition) is 3. The van der Waals surface area contributed by atoms with Crippen molar-refractivity contribution in [2.75, 3.05) is 0 Å². The fourth-order valence-electron chi connectivity index (χ4n) is 3.99. The second-order valence-electron chi connectivity index (χ2n) is 5.36. The average Bonchev–Trinajstić information content (AvgIpc) is 2.51. The fourth-order valence-corrected chi connectivity index (χ4v) is 3.99. The molecule has 0 spiro atoms. The third-order valence-electron chi connectivity index (χ3n) is 4.43. The van der Waals surface area contributed by atoms with E-state index in [2.05, 4.69) is 13.2 Å². The van der Waals surface area contributed by atoms with Crippen molar-refractivity contribution in [1.82, 2.24) is 0 Å². The van der Waals surface area contributed by atoms with E-state index < -0.39 is 5.79 Å². The molecular weight excluding hydrogens is 216 g/mol. The van der Waals surface area contributed by atoms with E-state index in [0.29, 0.717) is 6.42 Å². The van der Waals surface area contributed by atoms with Crippen LogP contribution in [-0.4, -0.2) is 17.4 Å². The minimum atomic E-state index is -0.701. The van der Waals surface area contributed by atoms with Gasteiger partial charge in [0.05, 0.1) is 17.4 Å². The van der Waals surface area contributed by atoms with Crippen molar-refractivity contribution in [1.29, 1.82) is 0 Å². The topological polar surface area (TPSA) is 35.5 Å². The molecule has 0 N–H and O–H groups in total. The molecule has 0 aromatic rings. The van der Waals surface area contributed by atoms with Crippen molar-refractivity contribution >= 4 is 5.97 Å². The Morgan fingerprint density at radius 2 is 2.12 bits per heavy atom. The molecule has 0 radical (unpaired) electrons. The van der Waals surface area contributed by atoms with Crippen molar-refractivity contribution in [2.45, 2.75) is 43.5 Å². The molecule has 0 amide bonds. The van der Waals surface area contributed by atoms with E-state index in [1.807, 2.05) is 6.08 Å². The molecule has 2 heterocycles. The van der Waals surface area contributed by atoms with Gasteiger partial charge in [-0.05, 0) is 25.7 Å². The molecule has 2 aliphatic heterocycles. The average molecular weight is 234 g/mol. The number of carbonyl (C=O) groups is 1. The lowest BCUT2D eigenvalue weighted by Gasteiger charge is -2.60. The van der Waals surface area contributed by atoms with Crippen LogP contribution in [0, 0.1) is 11.8 Å². The van der Waals surface area contributed by atoms with Gasteiger partial charge in [-0.3, -0.25) is 4.79 Å². The first-order chi connectivity index (χ1) is 8.17. The number of carbonyl (C=O) groups excluding carboxylic acids is 1. The number of ether oxygens (including phenoxy) is 2. The Morgan fingerprint density at radius 3 is 2.82 bits per heavy atom. The van der Waals surface area contributed by atoms with Crippen molar-refractivity contribution < 1.29 is 14.3 Å². The largest absolute Gasteiger partial charge is 0.432 e. The van der Waals surface area contributed by atoms with Crippen LogP contribution in [0.1, 0.15) is 32.1 Å². The third kappa shape index (κ3) is 1.23. The van der Waals surface area contributed by atoms with E-state index in [4.69, 9.17) is 9.47 Å². The van der Waals surface area contributed by atoms with Crippen LogP contribution in [0.25, 0.3) is 0 Å². The Balaban J connectivity index is 1.95. The summed E-state index contributed by atoms with van der Waals surface area (Å²) in [6.07, 6.45) is 8.06. The molecule has 0 aromatic carbocycles. The highest BCUT2D eigenvalue weighted by Crippen LogP contribution is 2.64. The maximum absolute atomic E-state index is 11.9. The lowest BCUT2D eigenvalue weighted by molar-refractivity contribution is -0.399. The first-order valence-electron chi connectivity index (χ1n) is 6.32. The van der Waals surface area contributed by atoms with Gasteiger partial charge in [0.1, 0.15) is 0 Å². The molecule has 3 fully saturated rings. The summed E-state index contributed by atoms with van der Waals surface area (Å²) in [7, 11) is 0. The van der Waals surface area contributed by atoms with Crippen LogP contribution in [0.15, 0.2) is 25.3 Å². The van der Waals surface area contributed by atoms with Gasteiger partial charge < -0.3 is 9.47 Å². The fraction of sp³-hybridized carbons (Fsp3) is 0.643. The molecule has 2 saturated heterocycles. The number of esters is 1. The predicted octanol–water partition coefficient (Wildman–Crippen LogP) is 2.58. The summed E-state index contributed by atoms with van der Waals surface area (Å²) in [5.41, 5.74) is -0.195. The van der Waals surface area contributed by atoms with Crippen LogP contribution in [0.4, 0.5) is 0 Å². The highest BCUT2D eigenvalue weighted by molar-refractivity contribution is 5.77. The predicted molar refractivity (Wildman–Crippen MR) is 63.1 cm³/mol. The zero-order valence-electron chi connectivity index (χ0n) is 9.98. The third-order valence-corrected chi connectivity index (χ3v) is 4.43. The van der Waals surface area contributed by atoms with Gasteiger partial charge in [-0.15, -0.1) is 13.2 Å². The van der Waals surface area contributed by atoms with Gasteiger partial charge in [-0.1, -0.05) is 12.2 Å². The molecule has 0 bridgehead atoms. The van der Waals surface area contributed by atoms with E-state index in [1.54, 1.807) is 6.08 Å². The quantitative estimate of drug-likeness (QED) is 0.554. The van der Waals surface area contributed by atoms with Gasteiger partial charge in [-0.2, -0.15) is 0 Å². The summed E-state index contributed by atoms with van der Waals surface area (Å²) >= 11 is 0. The smallest absolute Gasteiger partial charge is 0.312 e. The lowest BCUT2D eigenvalue weighted by atomic mass is 9.60. The molecule has 4 atom stereocenters. The van der Waals surface area contributed by atoms with E-state index in [-0.39, 0.29) is 23.4 Å². The molecule has 1 saturated carbocycles. The summed E-state index contributed by atoms with van der Waals surface area (Å²) < 4.78 is 11.6. The Morgan fingerprint density at radius 1 is 1.35 bits per heavy atom. The molecule has 3 nitrogen and oxygen atoms in total. The maximum Gasteiger partial charge on any atom is 0.312 e. The molecule has 1 aliphatic carbocycles. The first-order valence-corrected chi connectivity index (χ1v) is 6.32. The van der Waals surface area contributed by atoms with Gasteiger partial charge in [0.2, 0.25) is 5.79 Å². The molecule has 92 valence electrons. The van der Waals surface area contributed by atoms with Gasteiger partial charge in [0.15, 0.2) is 0 Å². The monoisotopic (exact) mass is 234 g/mol. The Labute approximate surface area is 101 Å². The zero-order valence-corrected chi connectivity index (χ0v) is 9.98. The Kier molecular flexibility index (Phi) is 2.24. The van der Waals surface area contributed by atoms with Crippen LogP contribution >= 0.6 is 0 Å². The van der Waals surface area contributed by atoms with Gasteiger partial charge in [0.25, 0.3) is 0 Å². The van der Waals surface area contributed by atoms with Crippen molar-refractivity contribution in [3.63, 3.8) is 0 Å². The van der Waals surface area contributed by atoms with Gasteiger partial charge in [0, 0.05) is 6.42 Å². The second kappa shape index (κ2) is 3.45. The summed E-state index contributed by atoms with van der Waals surface area (Å²) in [5, 5.41) is 0. The van der Waals surface area contributed by atoms with Crippen LogP contribution in [-0.2, 0) is 14.3 Å². The maximum atomic E-state index is 11.9. The summed E-state index contributed by atoms with van der Waals surface area (Å²) in [4.78, 5) is 11.9. The minimum absolute atomic E-state index is 0.0254. The van der Waals surface area contributed by atoms with Crippen LogP contribution in [0.2, 0.25) is 0 Å². The number of hydrogen-bond donors (Lipinski definition) is 0. The van der Waals surface area contributed by atoms with Crippen LogP contribution in [0.3, 0.4) is 0 Å². The summed E-state index contributed by atoms with van der Waals surface area (Å²) in [6, 6.07) is 0. The van der Waals surface area contributed by atoms with Crippen molar-refractivity contribution in [2.24, 2.45) is 11.8 Å². The molecule has 3 aliphatic rings.